The van der Waals surface area contributed by atoms with Gasteiger partial charge in [0.2, 0.25) is 0 Å². The van der Waals surface area contributed by atoms with Gasteiger partial charge in [0.15, 0.2) is 6.80 Å². The molecule has 0 aromatic carbocycles. The second-order valence-electron chi connectivity index (χ2n) is 15.0. The molecular formula is C32H56B4O16P2S2-2. The number of aliphatic hydroxyl groups is 1. The Balaban J connectivity index is 0.000000251. The molecule has 5 fully saturated rings. The molecule has 2 bridgehead atoms. The maximum absolute atomic E-state index is 12.5. The summed E-state index contributed by atoms with van der Waals surface area (Å²) < 4.78 is 82.2. The minimum atomic E-state index is -4.29. The Kier molecular flexibility index (Phi) is 21.3. The maximum atomic E-state index is 12.5. The summed E-state index contributed by atoms with van der Waals surface area (Å²) in [6.45, 7) is 11.4. The van der Waals surface area contributed by atoms with Gasteiger partial charge in [0.05, 0.1) is 62.5 Å². The van der Waals surface area contributed by atoms with Crippen LogP contribution >= 0.6 is 38.6 Å². The Labute approximate surface area is 346 Å². The van der Waals surface area contributed by atoms with Gasteiger partial charge in [0, 0.05) is 35.0 Å². The van der Waals surface area contributed by atoms with Gasteiger partial charge in [-0.2, -0.15) is 12.6 Å². The topological polar surface area (TPSA) is 202 Å². The third-order valence-corrected chi connectivity index (χ3v) is 13.0. The highest BCUT2D eigenvalue weighted by Crippen LogP contribution is 2.55. The maximum Gasteiger partial charge on any atom is 0.268 e. The van der Waals surface area contributed by atoms with E-state index in [0.29, 0.717) is 18.0 Å². The van der Waals surface area contributed by atoms with Crippen molar-refractivity contribution in [3.8, 4) is 0 Å². The number of fused-ring (bicyclic) bond motifs is 2. The summed E-state index contributed by atoms with van der Waals surface area (Å²) in [6.07, 6.45) is -4.45. The van der Waals surface area contributed by atoms with E-state index in [2.05, 4.69) is 17.2 Å². The van der Waals surface area contributed by atoms with Gasteiger partial charge >= 0.3 is 0 Å². The summed E-state index contributed by atoms with van der Waals surface area (Å²) in [5, 5.41) is 10.3. The molecule has 0 spiro atoms. The number of rotatable bonds is 15. The molecule has 56 heavy (non-hydrogen) atoms. The Morgan fingerprint density at radius 1 is 0.821 bits per heavy atom. The first-order chi connectivity index (χ1) is 26.0. The number of phosphoric acid groups is 1. The molecule has 5 rings (SSSR count). The smallest absolute Gasteiger partial charge is 0.268 e. The largest absolute Gasteiger partial charge is 0.770 e. The zero-order chi connectivity index (χ0) is 42.1. The third kappa shape index (κ3) is 17.0. The molecule has 16 nitrogen and oxygen atoms in total. The number of aliphatic hydroxyl groups excluding tert-OH is 1. The number of phosphoric ester groups is 1. The normalized spacial score (nSPS) is 40.7. The van der Waals surface area contributed by atoms with E-state index >= 15 is 0 Å². The van der Waals surface area contributed by atoms with Crippen LogP contribution in [-0.4, -0.2) is 171 Å². The van der Waals surface area contributed by atoms with Crippen molar-refractivity contribution in [1.82, 2.24) is 0 Å². The molecule has 5 saturated heterocycles. The van der Waals surface area contributed by atoms with Gasteiger partial charge in [-0.1, -0.05) is 11.4 Å². The van der Waals surface area contributed by atoms with Gasteiger partial charge in [-0.3, -0.25) is 9.13 Å². The van der Waals surface area contributed by atoms with Crippen LogP contribution in [0, 0.1) is 0 Å². The van der Waals surface area contributed by atoms with E-state index in [-0.39, 0.29) is 67.2 Å². The van der Waals surface area contributed by atoms with E-state index in [4.69, 9.17) is 78.3 Å². The summed E-state index contributed by atoms with van der Waals surface area (Å²) in [6, 6.07) is -2.50. The minimum absolute atomic E-state index is 0.00964. The minimum Gasteiger partial charge on any atom is -0.770 e. The zero-order valence-corrected chi connectivity index (χ0v) is 36.8. The van der Waals surface area contributed by atoms with E-state index in [0.717, 1.165) is 6.42 Å². The van der Waals surface area contributed by atoms with Crippen LogP contribution in [0.2, 0.25) is 0 Å². The highest BCUT2D eigenvalue weighted by molar-refractivity contribution is 8.54. The summed E-state index contributed by atoms with van der Waals surface area (Å²) >= 11 is 4.96. The lowest BCUT2D eigenvalue weighted by Gasteiger charge is -2.30. The van der Waals surface area contributed by atoms with Gasteiger partial charge < -0.3 is 66.4 Å². The standard InChI is InChI=1S/C16H29B2O8PS.C8H14BO6P.C8H15BO2S/c1-8(2)22-6-11-10(5-13(17)24-11)26-27(20,21)28-7-12-15(23-9(3)4)14(19)16(18)25-12;1-4(2)13-6-5-3-12-16(10,11)15-7(6)8(9)14-5;1-5(2)10-4-6-7(12)3-8(9)11-6/h8-16,19H,5-7H2,1-4H3,(H,20,21);4-8H,3H2,1-2H3,(H,10,11);5-8,12H,3-4H2,1-2H3/p-2/t10-,11-,12-,13-,14?,15+,16-;5-,6+,7?,8-;6-,7-,8-/m111/s1. The van der Waals surface area contributed by atoms with Gasteiger partial charge in [-0.15, -0.1) is 0 Å². The van der Waals surface area contributed by atoms with Crippen LogP contribution in [0.15, 0.2) is 0 Å². The summed E-state index contributed by atoms with van der Waals surface area (Å²) in [5.74, 6) is 0.00964. The number of thiol groups is 1. The van der Waals surface area contributed by atoms with Crippen molar-refractivity contribution in [3.63, 3.8) is 0 Å². The zero-order valence-electron chi connectivity index (χ0n) is 33.3. The van der Waals surface area contributed by atoms with Crippen molar-refractivity contribution < 1.29 is 75.5 Å². The molecule has 5 aliphatic heterocycles. The van der Waals surface area contributed by atoms with Crippen molar-refractivity contribution in [2.24, 2.45) is 0 Å². The van der Waals surface area contributed by atoms with Crippen LogP contribution in [0.5, 0.6) is 0 Å². The van der Waals surface area contributed by atoms with Gasteiger partial charge in [-0.25, -0.2) is 0 Å². The average Bonchev–Trinajstić information content (AvgIpc) is 3.74. The van der Waals surface area contributed by atoms with E-state index < -0.39 is 81.5 Å². The van der Waals surface area contributed by atoms with Crippen molar-refractivity contribution in [1.29, 1.82) is 0 Å². The van der Waals surface area contributed by atoms with Crippen LogP contribution < -0.4 is 9.79 Å². The van der Waals surface area contributed by atoms with Crippen molar-refractivity contribution in [2.75, 3.05) is 25.6 Å². The van der Waals surface area contributed by atoms with Crippen LogP contribution in [-0.2, 0) is 60.6 Å². The van der Waals surface area contributed by atoms with Crippen molar-refractivity contribution in [3.05, 3.63) is 0 Å². The van der Waals surface area contributed by atoms with Crippen LogP contribution in [0.1, 0.15) is 68.2 Å². The molecule has 0 amide bonds. The Morgan fingerprint density at radius 3 is 1.93 bits per heavy atom. The molecule has 0 aliphatic carbocycles. The fourth-order valence-corrected chi connectivity index (χ4v) is 10.1. The Hall–Kier alpha value is 0.860. The third-order valence-electron chi connectivity index (χ3n) is 8.55. The van der Waals surface area contributed by atoms with E-state index in [1.54, 1.807) is 0 Å². The molecule has 4 unspecified atom stereocenters. The van der Waals surface area contributed by atoms with Gasteiger partial charge in [0.1, 0.15) is 68.0 Å². The molecule has 0 aromatic heterocycles. The number of hydrogen-bond donors (Lipinski definition) is 2. The predicted octanol–water partition coefficient (Wildman–Crippen LogP) is 0.880. The summed E-state index contributed by atoms with van der Waals surface area (Å²) in [5.41, 5.74) is 0. The average molecular weight is 866 g/mol. The first-order valence-corrected chi connectivity index (χ1v) is 23.9. The quantitative estimate of drug-likeness (QED) is 0.133. The molecule has 316 valence electrons. The van der Waals surface area contributed by atoms with Crippen LogP contribution in [0.4, 0.5) is 0 Å². The van der Waals surface area contributed by atoms with E-state index in [9.17, 15) is 24.0 Å². The van der Waals surface area contributed by atoms with E-state index in [1.165, 1.54) is 0 Å². The van der Waals surface area contributed by atoms with E-state index in [1.807, 2.05) is 55.4 Å². The lowest BCUT2D eigenvalue weighted by Crippen LogP contribution is -2.38. The monoisotopic (exact) mass is 866 g/mol. The van der Waals surface area contributed by atoms with Gasteiger partial charge in [-0.05, 0) is 68.2 Å². The van der Waals surface area contributed by atoms with Crippen LogP contribution in [0.25, 0.3) is 0 Å². The number of hydrogen-bond acceptors (Lipinski definition) is 18. The molecule has 8 radical (unpaired) electrons. The molecule has 5 aliphatic rings. The molecular weight excluding hydrogens is 810 g/mol. The second kappa shape index (κ2) is 23.3. The Morgan fingerprint density at radius 2 is 1.38 bits per heavy atom. The molecule has 24 heteroatoms. The molecule has 0 saturated carbocycles. The van der Waals surface area contributed by atoms with Gasteiger partial charge in [0.25, 0.3) is 7.82 Å². The summed E-state index contributed by atoms with van der Waals surface area (Å²) in [7, 11) is 18.4. The van der Waals surface area contributed by atoms with Crippen LogP contribution in [0.3, 0.4) is 0 Å². The first kappa shape index (κ1) is 51.2. The lowest BCUT2D eigenvalue weighted by atomic mass is 9.93. The lowest BCUT2D eigenvalue weighted by molar-refractivity contribution is -0.232. The fourth-order valence-electron chi connectivity index (χ4n) is 6.07. The first-order valence-electron chi connectivity index (χ1n) is 18.8. The second-order valence-corrected chi connectivity index (χ2v) is 20.8. The molecule has 1 N–H and O–H groups in total. The molecule has 16 atom stereocenters. The van der Waals surface area contributed by atoms with Crippen molar-refractivity contribution in [2.45, 2.75) is 177 Å². The summed E-state index contributed by atoms with van der Waals surface area (Å²) in [4.78, 5) is 23.7. The predicted molar refractivity (Wildman–Crippen MR) is 211 cm³/mol. The molecule has 0 aromatic rings. The SMILES string of the molecule is [B][C@@H]1O[C@@H]2COP(=O)([O-])OC1[C@H]2OC(C)C.[B][C@@H]1O[C@H](CSP(=O)([O-])O[C@@H]2C[C@H]([B])O[C@@H]2COC(C)C)[C@H](OC(C)C)C1O.[B][C@H]1C[C@@H](S)[C@@H](COC(C)C)O1. The van der Waals surface area contributed by atoms with Crippen molar-refractivity contribution >= 4 is 70.0 Å². The highest BCUT2D eigenvalue weighted by Gasteiger charge is 2.49. The highest BCUT2D eigenvalue weighted by atomic mass is 32.7. The molecule has 5 heterocycles. The fraction of sp³-hybridized carbons (Fsp3) is 1.00. The Bertz CT molecular complexity index is 1270. The number of ether oxygens (including phenoxy) is 8.